The van der Waals surface area contributed by atoms with Crippen molar-refractivity contribution in [2.45, 2.75) is 46.1 Å². The van der Waals surface area contributed by atoms with Crippen molar-refractivity contribution < 1.29 is 8.91 Å². The van der Waals surface area contributed by atoms with Crippen LogP contribution < -0.4 is 5.32 Å². The molecule has 0 fully saturated rings. The zero-order chi connectivity index (χ0) is 22.7. The average molecular weight is 451 g/mol. The van der Waals surface area contributed by atoms with Crippen LogP contribution in [0.5, 0.6) is 0 Å². The van der Waals surface area contributed by atoms with E-state index < -0.39 is 0 Å². The standard InChI is InChI=1S/C25H27FN4OS/c1-4-6-14-30-16(3)21(22(27-25(30)32)19-8-7-9-20(26)15-19)24-28-23(29-31-24)18-12-10-17(5-2)11-13-18/h7-13,15,22H,4-6,14H2,1-3H3,(H,27,32). The molecule has 3 aromatic rings. The summed E-state index contributed by atoms with van der Waals surface area (Å²) in [6, 6.07) is 14.3. The van der Waals surface area contributed by atoms with E-state index in [9.17, 15) is 4.39 Å². The summed E-state index contributed by atoms with van der Waals surface area (Å²) in [6.07, 6.45) is 3.02. The monoisotopic (exact) mass is 450 g/mol. The zero-order valence-corrected chi connectivity index (χ0v) is 19.4. The smallest absolute Gasteiger partial charge is 0.258 e. The van der Waals surface area contributed by atoms with Gasteiger partial charge in [-0.15, -0.1) is 0 Å². The number of allylic oxidation sites excluding steroid dienone is 1. The van der Waals surface area contributed by atoms with Crippen molar-refractivity contribution in [1.29, 1.82) is 0 Å². The minimum absolute atomic E-state index is 0.303. The SMILES string of the molecule is CCCCN1C(=S)NC(c2cccc(F)c2)C(c2nc(-c3ccc(CC)cc3)no2)=C1C. The molecule has 32 heavy (non-hydrogen) atoms. The summed E-state index contributed by atoms with van der Waals surface area (Å²) in [7, 11) is 0. The zero-order valence-electron chi connectivity index (χ0n) is 18.6. The van der Waals surface area contributed by atoms with Crippen LogP contribution in [-0.4, -0.2) is 26.7 Å². The maximum atomic E-state index is 14.0. The second-order valence-corrected chi connectivity index (χ2v) is 8.30. The molecule has 0 saturated carbocycles. The van der Waals surface area contributed by atoms with E-state index in [1.807, 2.05) is 25.1 Å². The van der Waals surface area contributed by atoms with Crippen LogP contribution in [-0.2, 0) is 6.42 Å². The lowest BCUT2D eigenvalue weighted by molar-refractivity contribution is 0.395. The summed E-state index contributed by atoms with van der Waals surface area (Å²) in [5.41, 5.74) is 4.64. The molecule has 2 aromatic carbocycles. The summed E-state index contributed by atoms with van der Waals surface area (Å²) in [5.74, 6) is 0.625. The molecule has 4 rings (SSSR count). The maximum Gasteiger partial charge on any atom is 0.258 e. The molecule has 0 spiro atoms. The molecule has 0 radical (unpaired) electrons. The van der Waals surface area contributed by atoms with Gasteiger partial charge in [0.25, 0.3) is 5.89 Å². The lowest BCUT2D eigenvalue weighted by atomic mass is 9.94. The molecule has 1 aromatic heterocycles. The first kappa shape index (κ1) is 22.1. The number of nitrogens with one attached hydrogen (secondary N) is 1. The molecule has 1 aliphatic rings. The van der Waals surface area contributed by atoms with Gasteiger partial charge in [-0.25, -0.2) is 4.39 Å². The lowest BCUT2D eigenvalue weighted by Gasteiger charge is -2.37. The Balaban J connectivity index is 1.78. The van der Waals surface area contributed by atoms with Crippen LogP contribution in [0.2, 0.25) is 0 Å². The fraction of sp³-hybridized carbons (Fsp3) is 0.320. The van der Waals surface area contributed by atoms with Gasteiger partial charge in [0.1, 0.15) is 5.82 Å². The van der Waals surface area contributed by atoms with Gasteiger partial charge in [-0.3, -0.25) is 0 Å². The number of halogens is 1. The van der Waals surface area contributed by atoms with Crippen molar-refractivity contribution in [2.75, 3.05) is 6.54 Å². The highest BCUT2D eigenvalue weighted by molar-refractivity contribution is 7.80. The van der Waals surface area contributed by atoms with E-state index in [1.165, 1.54) is 17.7 Å². The van der Waals surface area contributed by atoms with Crippen molar-refractivity contribution in [2.24, 2.45) is 0 Å². The van der Waals surface area contributed by atoms with Gasteiger partial charge in [0.2, 0.25) is 5.82 Å². The molecular formula is C25H27FN4OS. The first-order valence-corrected chi connectivity index (χ1v) is 11.4. The van der Waals surface area contributed by atoms with Crippen LogP contribution in [0.4, 0.5) is 4.39 Å². The Morgan fingerprint density at radius 3 is 2.62 bits per heavy atom. The topological polar surface area (TPSA) is 54.2 Å². The Kier molecular flexibility index (Phi) is 6.65. The molecule has 166 valence electrons. The van der Waals surface area contributed by atoms with Gasteiger partial charge in [0.15, 0.2) is 5.11 Å². The molecular weight excluding hydrogens is 423 g/mol. The van der Waals surface area contributed by atoms with E-state index in [0.29, 0.717) is 16.8 Å². The molecule has 2 heterocycles. The van der Waals surface area contributed by atoms with E-state index >= 15 is 0 Å². The molecule has 0 amide bonds. The van der Waals surface area contributed by atoms with Gasteiger partial charge in [-0.2, -0.15) is 4.98 Å². The molecule has 0 aliphatic carbocycles. The quantitative estimate of drug-likeness (QED) is 0.452. The molecule has 1 N–H and O–H groups in total. The van der Waals surface area contributed by atoms with E-state index in [4.69, 9.17) is 21.7 Å². The Hall–Kier alpha value is -3.06. The minimum atomic E-state index is -0.383. The highest BCUT2D eigenvalue weighted by Gasteiger charge is 2.34. The summed E-state index contributed by atoms with van der Waals surface area (Å²) < 4.78 is 19.8. The van der Waals surface area contributed by atoms with Crippen LogP contribution in [0.3, 0.4) is 0 Å². The summed E-state index contributed by atoms with van der Waals surface area (Å²) >= 11 is 5.66. The van der Waals surface area contributed by atoms with Gasteiger partial charge in [0, 0.05) is 17.8 Å². The Morgan fingerprint density at radius 2 is 1.94 bits per heavy atom. The number of hydrogen-bond acceptors (Lipinski definition) is 4. The van der Waals surface area contributed by atoms with Gasteiger partial charge in [-0.1, -0.05) is 61.8 Å². The minimum Gasteiger partial charge on any atom is -0.351 e. The summed E-state index contributed by atoms with van der Waals surface area (Å²) in [6.45, 7) is 7.05. The van der Waals surface area contributed by atoms with Crippen LogP contribution in [0, 0.1) is 5.82 Å². The van der Waals surface area contributed by atoms with E-state index in [0.717, 1.165) is 48.2 Å². The Bertz CT molecular complexity index is 1140. The fourth-order valence-corrected chi connectivity index (χ4v) is 4.27. The third-order valence-corrected chi connectivity index (χ3v) is 6.13. The normalized spacial score (nSPS) is 16.4. The molecule has 1 aliphatic heterocycles. The molecule has 0 bridgehead atoms. The highest BCUT2D eigenvalue weighted by Crippen LogP contribution is 2.37. The van der Waals surface area contributed by atoms with Crippen LogP contribution in [0.25, 0.3) is 17.0 Å². The molecule has 1 atom stereocenters. The second-order valence-electron chi connectivity index (χ2n) is 7.92. The Morgan fingerprint density at radius 1 is 1.16 bits per heavy atom. The number of hydrogen-bond donors (Lipinski definition) is 1. The molecule has 1 unspecified atom stereocenters. The second kappa shape index (κ2) is 9.61. The van der Waals surface area contributed by atoms with Gasteiger partial charge in [0.05, 0.1) is 11.6 Å². The molecule has 5 nitrogen and oxygen atoms in total. The lowest BCUT2D eigenvalue weighted by Crippen LogP contribution is -2.46. The number of aromatic nitrogens is 2. The number of aryl methyl sites for hydroxylation is 1. The number of unbranched alkanes of at least 4 members (excludes halogenated alkanes) is 1. The van der Waals surface area contributed by atoms with Gasteiger partial charge >= 0.3 is 0 Å². The average Bonchev–Trinajstić information content (AvgIpc) is 3.28. The maximum absolute atomic E-state index is 14.0. The van der Waals surface area contributed by atoms with Gasteiger partial charge < -0.3 is 14.7 Å². The predicted molar refractivity (Wildman–Crippen MR) is 128 cm³/mol. The largest absolute Gasteiger partial charge is 0.351 e. The van der Waals surface area contributed by atoms with Crippen LogP contribution in [0.1, 0.15) is 56.7 Å². The van der Waals surface area contributed by atoms with Crippen molar-refractivity contribution in [3.8, 4) is 11.4 Å². The number of thiocarbonyl (C=S) groups is 1. The van der Waals surface area contributed by atoms with Crippen molar-refractivity contribution in [3.63, 3.8) is 0 Å². The van der Waals surface area contributed by atoms with E-state index in [-0.39, 0.29) is 11.9 Å². The predicted octanol–water partition coefficient (Wildman–Crippen LogP) is 5.90. The van der Waals surface area contributed by atoms with Crippen LogP contribution >= 0.6 is 12.2 Å². The molecule has 0 saturated heterocycles. The van der Waals surface area contributed by atoms with Crippen molar-refractivity contribution >= 4 is 22.9 Å². The third kappa shape index (κ3) is 4.43. The van der Waals surface area contributed by atoms with E-state index in [2.05, 4.69) is 41.4 Å². The third-order valence-electron chi connectivity index (χ3n) is 5.79. The molecule has 7 heteroatoms. The van der Waals surface area contributed by atoms with Crippen LogP contribution in [0.15, 0.2) is 58.8 Å². The first-order valence-electron chi connectivity index (χ1n) is 11.0. The number of benzene rings is 2. The van der Waals surface area contributed by atoms with Gasteiger partial charge in [-0.05, 0) is 55.2 Å². The Labute approximate surface area is 193 Å². The van der Waals surface area contributed by atoms with Crippen molar-refractivity contribution in [3.05, 3.63) is 77.1 Å². The summed E-state index contributed by atoms with van der Waals surface area (Å²) in [5, 5.41) is 8.21. The summed E-state index contributed by atoms with van der Waals surface area (Å²) in [4.78, 5) is 6.77. The number of nitrogens with zero attached hydrogens (tertiary/aromatic N) is 3. The number of rotatable bonds is 7. The fourth-order valence-electron chi connectivity index (χ4n) is 3.92. The van der Waals surface area contributed by atoms with Crippen molar-refractivity contribution in [1.82, 2.24) is 20.4 Å². The first-order chi connectivity index (χ1) is 15.5. The van der Waals surface area contributed by atoms with E-state index in [1.54, 1.807) is 6.07 Å². The highest BCUT2D eigenvalue weighted by atomic mass is 32.1.